The van der Waals surface area contributed by atoms with Crippen molar-refractivity contribution < 1.29 is 9.90 Å². The van der Waals surface area contributed by atoms with Crippen LogP contribution >= 0.6 is 0 Å². The molecule has 0 heterocycles. The third kappa shape index (κ3) is 4.07. The fourth-order valence-electron chi connectivity index (χ4n) is 2.40. The lowest BCUT2D eigenvalue weighted by Crippen LogP contribution is -2.24. The highest BCUT2D eigenvalue weighted by atomic mass is 16.4. The van der Waals surface area contributed by atoms with Gasteiger partial charge in [0.1, 0.15) is 0 Å². The first-order chi connectivity index (χ1) is 9.69. The van der Waals surface area contributed by atoms with Gasteiger partial charge in [-0.05, 0) is 41.9 Å². The van der Waals surface area contributed by atoms with Gasteiger partial charge in [-0.1, -0.05) is 43.3 Å². The highest BCUT2D eigenvalue weighted by molar-refractivity contribution is 5.82. The highest BCUT2D eigenvalue weighted by Crippen LogP contribution is 2.17. The van der Waals surface area contributed by atoms with Gasteiger partial charge in [0.25, 0.3) is 0 Å². The lowest BCUT2D eigenvalue weighted by molar-refractivity contribution is -0.137. The summed E-state index contributed by atoms with van der Waals surface area (Å²) in [5.74, 6) is -0.716. The summed E-state index contributed by atoms with van der Waals surface area (Å²) >= 11 is 0. The molecule has 0 aliphatic rings. The first-order valence-corrected chi connectivity index (χ1v) is 7.11. The fourth-order valence-corrected chi connectivity index (χ4v) is 2.40. The topological polar surface area (TPSA) is 40.5 Å². The van der Waals surface area contributed by atoms with Crippen LogP contribution in [0.4, 0.5) is 0 Å². The molecule has 2 aromatic carbocycles. The zero-order valence-corrected chi connectivity index (χ0v) is 11.9. The first-order valence-electron chi connectivity index (χ1n) is 7.11. The highest BCUT2D eigenvalue weighted by Gasteiger charge is 2.06. The Morgan fingerprint density at radius 2 is 1.90 bits per heavy atom. The molecule has 2 aromatic rings. The average molecular weight is 271 g/mol. The van der Waals surface area contributed by atoms with Gasteiger partial charge in [0.2, 0.25) is 0 Å². The molecule has 0 aromatic heterocycles. The van der Waals surface area contributed by atoms with Crippen LogP contribution in [0.5, 0.6) is 0 Å². The van der Waals surface area contributed by atoms with E-state index in [9.17, 15) is 4.79 Å². The van der Waals surface area contributed by atoms with E-state index >= 15 is 0 Å². The van der Waals surface area contributed by atoms with E-state index in [0.29, 0.717) is 6.42 Å². The zero-order chi connectivity index (χ0) is 14.4. The first kappa shape index (κ1) is 14.5. The van der Waals surface area contributed by atoms with Crippen LogP contribution in [-0.2, 0) is 11.3 Å². The molecule has 0 radical (unpaired) electrons. The van der Waals surface area contributed by atoms with Crippen molar-refractivity contribution in [3.63, 3.8) is 0 Å². The summed E-state index contributed by atoms with van der Waals surface area (Å²) in [5, 5.41) is 11.2. The van der Waals surface area contributed by atoms with E-state index < -0.39 is 5.97 Å². The minimum absolute atomic E-state index is 0.244. The molecule has 0 unspecified atom stereocenters. The van der Waals surface area contributed by atoms with Crippen LogP contribution in [0.1, 0.15) is 25.3 Å². The molecule has 0 amide bonds. The molecule has 2 rings (SSSR count). The van der Waals surface area contributed by atoms with Crippen molar-refractivity contribution in [1.29, 1.82) is 0 Å². The second-order valence-corrected chi connectivity index (χ2v) is 5.05. The number of benzene rings is 2. The largest absolute Gasteiger partial charge is 0.481 e. The molecule has 0 fully saturated rings. The Balaban J connectivity index is 1.99. The van der Waals surface area contributed by atoms with E-state index in [2.05, 4.69) is 48.2 Å². The standard InChI is InChI=1S/C17H21NO2/c1-2-18(11-5-8-17(19)20)13-14-9-10-15-6-3-4-7-16(15)12-14/h3-4,6-7,9-10,12H,2,5,8,11,13H2,1H3,(H,19,20). The Morgan fingerprint density at radius 1 is 1.15 bits per heavy atom. The van der Waals surface area contributed by atoms with Crippen molar-refractivity contribution in [2.45, 2.75) is 26.3 Å². The van der Waals surface area contributed by atoms with Gasteiger partial charge in [0, 0.05) is 13.0 Å². The molecule has 20 heavy (non-hydrogen) atoms. The van der Waals surface area contributed by atoms with Crippen LogP contribution in [0.15, 0.2) is 42.5 Å². The Labute approximate surface area is 119 Å². The van der Waals surface area contributed by atoms with E-state index in [0.717, 1.165) is 19.6 Å². The maximum absolute atomic E-state index is 10.6. The van der Waals surface area contributed by atoms with E-state index in [4.69, 9.17) is 5.11 Å². The summed E-state index contributed by atoms with van der Waals surface area (Å²) in [5.41, 5.74) is 1.28. The van der Waals surface area contributed by atoms with Gasteiger partial charge in [0.05, 0.1) is 0 Å². The van der Waals surface area contributed by atoms with Gasteiger partial charge in [-0.25, -0.2) is 0 Å². The van der Waals surface area contributed by atoms with Gasteiger partial charge < -0.3 is 5.11 Å². The molecule has 0 saturated carbocycles. The van der Waals surface area contributed by atoms with Crippen LogP contribution in [0.2, 0.25) is 0 Å². The molecule has 3 nitrogen and oxygen atoms in total. The number of aliphatic carboxylic acids is 1. The molecular formula is C17H21NO2. The fraction of sp³-hybridized carbons (Fsp3) is 0.353. The lowest BCUT2D eigenvalue weighted by Gasteiger charge is -2.20. The van der Waals surface area contributed by atoms with Gasteiger partial charge in [-0.2, -0.15) is 0 Å². The molecule has 0 bridgehead atoms. The molecule has 0 aliphatic heterocycles. The Morgan fingerprint density at radius 3 is 2.60 bits per heavy atom. The molecule has 0 aliphatic carbocycles. The average Bonchev–Trinajstić information content (AvgIpc) is 2.45. The van der Waals surface area contributed by atoms with Crippen molar-refractivity contribution >= 4 is 16.7 Å². The SMILES string of the molecule is CCN(CCCC(=O)O)Cc1ccc2ccccc2c1. The maximum Gasteiger partial charge on any atom is 0.303 e. The summed E-state index contributed by atoms with van der Waals surface area (Å²) in [4.78, 5) is 12.8. The minimum atomic E-state index is -0.716. The lowest BCUT2D eigenvalue weighted by atomic mass is 10.1. The number of nitrogens with zero attached hydrogens (tertiary/aromatic N) is 1. The minimum Gasteiger partial charge on any atom is -0.481 e. The second kappa shape index (κ2) is 7.06. The third-order valence-electron chi connectivity index (χ3n) is 3.53. The number of fused-ring (bicyclic) bond motifs is 1. The Bertz CT molecular complexity index is 580. The maximum atomic E-state index is 10.6. The monoisotopic (exact) mass is 271 g/mol. The summed E-state index contributed by atoms with van der Waals surface area (Å²) in [6.45, 7) is 4.75. The van der Waals surface area contributed by atoms with Crippen LogP contribution in [0, 0.1) is 0 Å². The number of carboxylic acid groups (broad SMARTS) is 1. The van der Waals surface area contributed by atoms with Crippen molar-refractivity contribution in [2.24, 2.45) is 0 Å². The zero-order valence-electron chi connectivity index (χ0n) is 11.9. The van der Waals surface area contributed by atoms with Crippen molar-refractivity contribution in [1.82, 2.24) is 4.90 Å². The summed E-state index contributed by atoms with van der Waals surface area (Å²) < 4.78 is 0. The molecule has 1 N–H and O–H groups in total. The smallest absolute Gasteiger partial charge is 0.303 e. The van der Waals surface area contributed by atoms with Gasteiger partial charge in [-0.3, -0.25) is 9.69 Å². The summed E-state index contributed by atoms with van der Waals surface area (Å²) in [7, 11) is 0. The van der Waals surface area contributed by atoms with Crippen LogP contribution in [0.3, 0.4) is 0 Å². The number of hydrogen-bond acceptors (Lipinski definition) is 2. The molecule has 106 valence electrons. The number of carboxylic acids is 1. The van der Waals surface area contributed by atoms with E-state index in [1.807, 2.05) is 6.07 Å². The molecule has 0 saturated heterocycles. The number of hydrogen-bond donors (Lipinski definition) is 1. The van der Waals surface area contributed by atoms with Crippen LogP contribution in [0.25, 0.3) is 10.8 Å². The molecule has 0 spiro atoms. The van der Waals surface area contributed by atoms with Crippen molar-refractivity contribution in [3.05, 3.63) is 48.0 Å². The van der Waals surface area contributed by atoms with E-state index in [1.54, 1.807) is 0 Å². The predicted molar refractivity (Wildman–Crippen MR) is 81.8 cm³/mol. The van der Waals surface area contributed by atoms with Crippen molar-refractivity contribution in [3.8, 4) is 0 Å². The normalized spacial score (nSPS) is 11.1. The van der Waals surface area contributed by atoms with Gasteiger partial charge in [-0.15, -0.1) is 0 Å². The van der Waals surface area contributed by atoms with E-state index in [1.165, 1.54) is 16.3 Å². The van der Waals surface area contributed by atoms with E-state index in [-0.39, 0.29) is 6.42 Å². The number of carbonyl (C=O) groups is 1. The summed E-state index contributed by atoms with van der Waals surface area (Å²) in [6, 6.07) is 14.9. The summed E-state index contributed by atoms with van der Waals surface area (Å²) in [6.07, 6.45) is 0.949. The molecule has 0 atom stereocenters. The van der Waals surface area contributed by atoms with Crippen LogP contribution in [-0.4, -0.2) is 29.1 Å². The number of rotatable bonds is 7. The van der Waals surface area contributed by atoms with Gasteiger partial charge in [0.15, 0.2) is 0 Å². The Hall–Kier alpha value is -1.87. The second-order valence-electron chi connectivity index (χ2n) is 5.05. The molecular weight excluding hydrogens is 250 g/mol. The Kier molecular flexibility index (Phi) is 5.13. The quantitative estimate of drug-likeness (QED) is 0.837. The van der Waals surface area contributed by atoms with Gasteiger partial charge >= 0.3 is 5.97 Å². The third-order valence-corrected chi connectivity index (χ3v) is 3.53. The predicted octanol–water partition coefficient (Wildman–Crippen LogP) is 3.53. The van der Waals surface area contributed by atoms with Crippen molar-refractivity contribution in [2.75, 3.05) is 13.1 Å². The molecule has 3 heteroatoms. The van der Waals surface area contributed by atoms with Crippen LogP contribution < -0.4 is 0 Å².